The molecule has 3 nitrogen and oxygen atoms in total. The molecule has 16 heavy (non-hydrogen) atoms. The molecule has 1 aliphatic carbocycles. The van der Waals surface area contributed by atoms with E-state index in [0.29, 0.717) is 12.6 Å². The van der Waals surface area contributed by atoms with Crippen LogP contribution < -0.4 is 0 Å². The van der Waals surface area contributed by atoms with Crippen molar-refractivity contribution >= 4 is 5.97 Å². The lowest BCUT2D eigenvalue weighted by molar-refractivity contribution is -0.149. The van der Waals surface area contributed by atoms with Crippen molar-refractivity contribution in [1.29, 1.82) is 0 Å². The van der Waals surface area contributed by atoms with Gasteiger partial charge in [-0.1, -0.05) is 13.3 Å². The summed E-state index contributed by atoms with van der Waals surface area (Å²) in [6.07, 6.45) is 4.30. The van der Waals surface area contributed by atoms with Crippen LogP contribution in [0.2, 0.25) is 0 Å². The molecule has 0 bridgehead atoms. The van der Waals surface area contributed by atoms with E-state index in [-0.39, 0.29) is 0 Å². The Morgan fingerprint density at radius 2 is 2.12 bits per heavy atom. The molecule has 2 unspecified atom stereocenters. The van der Waals surface area contributed by atoms with E-state index in [9.17, 15) is 9.90 Å². The summed E-state index contributed by atoms with van der Waals surface area (Å²) in [6.45, 7) is 6.79. The van der Waals surface area contributed by atoms with Crippen molar-refractivity contribution in [3.8, 4) is 0 Å². The standard InChI is InChI=1S/C13H25NO2/c1-5-8-13(3,12(15)16)9-14(4)10(2)11-6-7-11/h10-11H,5-9H2,1-4H3,(H,15,16). The van der Waals surface area contributed by atoms with Gasteiger partial charge in [-0.05, 0) is 46.1 Å². The van der Waals surface area contributed by atoms with Crippen molar-refractivity contribution in [3.05, 3.63) is 0 Å². The van der Waals surface area contributed by atoms with E-state index in [1.165, 1.54) is 12.8 Å². The average Bonchev–Trinajstić information content (AvgIpc) is 2.99. The second-order valence-electron chi connectivity index (χ2n) is 5.61. The Bertz CT molecular complexity index is 250. The molecule has 0 saturated heterocycles. The second kappa shape index (κ2) is 5.17. The van der Waals surface area contributed by atoms with Gasteiger partial charge in [0.25, 0.3) is 0 Å². The summed E-state index contributed by atoms with van der Waals surface area (Å²) in [6, 6.07) is 0.524. The summed E-state index contributed by atoms with van der Waals surface area (Å²) in [5.41, 5.74) is -0.591. The second-order valence-corrected chi connectivity index (χ2v) is 5.61. The highest BCUT2D eigenvalue weighted by molar-refractivity contribution is 5.74. The number of carbonyl (C=O) groups is 1. The summed E-state index contributed by atoms with van der Waals surface area (Å²) >= 11 is 0. The first kappa shape index (κ1) is 13.5. The van der Waals surface area contributed by atoms with Crippen molar-refractivity contribution in [3.63, 3.8) is 0 Å². The lowest BCUT2D eigenvalue weighted by atomic mass is 9.84. The Kier molecular flexibility index (Phi) is 4.36. The molecule has 1 saturated carbocycles. The van der Waals surface area contributed by atoms with E-state index >= 15 is 0 Å². The molecule has 0 aromatic carbocycles. The molecule has 94 valence electrons. The summed E-state index contributed by atoms with van der Waals surface area (Å²) in [7, 11) is 2.06. The lowest BCUT2D eigenvalue weighted by Gasteiger charge is -2.33. The topological polar surface area (TPSA) is 40.5 Å². The molecular weight excluding hydrogens is 202 g/mol. The molecule has 0 aromatic rings. The number of hydrogen-bond donors (Lipinski definition) is 1. The van der Waals surface area contributed by atoms with Crippen molar-refractivity contribution in [1.82, 2.24) is 4.90 Å². The molecule has 1 fully saturated rings. The summed E-state index contributed by atoms with van der Waals surface area (Å²) in [5.74, 6) is 0.133. The number of nitrogens with zero attached hydrogens (tertiary/aromatic N) is 1. The average molecular weight is 227 g/mol. The third-order valence-corrected chi connectivity index (χ3v) is 3.92. The Balaban J connectivity index is 2.56. The van der Waals surface area contributed by atoms with Gasteiger partial charge in [-0.25, -0.2) is 0 Å². The fourth-order valence-corrected chi connectivity index (χ4v) is 2.44. The molecule has 1 rings (SSSR count). The molecule has 0 aromatic heterocycles. The van der Waals surface area contributed by atoms with Gasteiger partial charge >= 0.3 is 5.97 Å². The van der Waals surface area contributed by atoms with Gasteiger partial charge < -0.3 is 10.0 Å². The van der Waals surface area contributed by atoms with Crippen LogP contribution in [0.5, 0.6) is 0 Å². The van der Waals surface area contributed by atoms with Crippen LogP contribution in [0.3, 0.4) is 0 Å². The van der Waals surface area contributed by atoms with Crippen molar-refractivity contribution < 1.29 is 9.90 Å². The predicted molar refractivity (Wildman–Crippen MR) is 65.5 cm³/mol. The van der Waals surface area contributed by atoms with Gasteiger partial charge in [-0.3, -0.25) is 4.79 Å². The first-order chi connectivity index (χ1) is 7.40. The van der Waals surface area contributed by atoms with Gasteiger partial charge in [0.05, 0.1) is 5.41 Å². The molecule has 0 heterocycles. The van der Waals surface area contributed by atoms with Gasteiger partial charge in [-0.15, -0.1) is 0 Å². The molecule has 1 aliphatic rings. The van der Waals surface area contributed by atoms with E-state index in [1.807, 2.05) is 13.8 Å². The molecule has 0 spiro atoms. The van der Waals surface area contributed by atoms with E-state index in [1.54, 1.807) is 0 Å². The monoisotopic (exact) mass is 227 g/mol. The van der Waals surface area contributed by atoms with Crippen LogP contribution in [0.15, 0.2) is 0 Å². The first-order valence-corrected chi connectivity index (χ1v) is 6.34. The van der Waals surface area contributed by atoms with Crippen LogP contribution in [0.1, 0.15) is 46.5 Å². The molecule has 1 N–H and O–H groups in total. The molecular formula is C13H25NO2. The normalized spacial score (nSPS) is 21.8. The number of rotatable bonds is 7. The maximum Gasteiger partial charge on any atom is 0.310 e. The Labute approximate surface area is 98.8 Å². The van der Waals surface area contributed by atoms with Crippen LogP contribution >= 0.6 is 0 Å². The fraction of sp³-hybridized carbons (Fsp3) is 0.923. The van der Waals surface area contributed by atoms with Crippen LogP contribution in [0, 0.1) is 11.3 Å². The van der Waals surface area contributed by atoms with Crippen LogP contribution in [-0.4, -0.2) is 35.6 Å². The van der Waals surface area contributed by atoms with Crippen LogP contribution in [0.4, 0.5) is 0 Å². The van der Waals surface area contributed by atoms with Gasteiger partial charge in [-0.2, -0.15) is 0 Å². The van der Waals surface area contributed by atoms with Crippen molar-refractivity contribution in [2.24, 2.45) is 11.3 Å². The summed E-state index contributed by atoms with van der Waals surface area (Å²) < 4.78 is 0. The number of aliphatic carboxylic acids is 1. The van der Waals surface area contributed by atoms with E-state index in [2.05, 4.69) is 18.9 Å². The Hall–Kier alpha value is -0.570. The highest BCUT2D eigenvalue weighted by atomic mass is 16.4. The maximum absolute atomic E-state index is 11.3. The minimum absolute atomic E-state index is 0.524. The minimum atomic E-state index is -0.663. The Morgan fingerprint density at radius 3 is 2.50 bits per heavy atom. The van der Waals surface area contributed by atoms with Gasteiger partial charge in [0.15, 0.2) is 0 Å². The first-order valence-electron chi connectivity index (χ1n) is 6.34. The van der Waals surface area contributed by atoms with Crippen LogP contribution in [0.25, 0.3) is 0 Å². The maximum atomic E-state index is 11.3. The van der Waals surface area contributed by atoms with Crippen LogP contribution in [-0.2, 0) is 4.79 Å². The highest BCUT2D eigenvalue weighted by Crippen LogP contribution is 2.36. The quantitative estimate of drug-likeness (QED) is 0.727. The van der Waals surface area contributed by atoms with Crippen molar-refractivity contribution in [2.45, 2.75) is 52.5 Å². The Morgan fingerprint density at radius 1 is 1.56 bits per heavy atom. The van der Waals surface area contributed by atoms with Gasteiger partial charge in [0.1, 0.15) is 0 Å². The zero-order valence-electron chi connectivity index (χ0n) is 11.0. The van der Waals surface area contributed by atoms with E-state index in [4.69, 9.17) is 0 Å². The summed E-state index contributed by atoms with van der Waals surface area (Å²) in [4.78, 5) is 13.6. The predicted octanol–water partition coefficient (Wildman–Crippen LogP) is 2.61. The molecule has 2 atom stereocenters. The zero-order chi connectivity index (χ0) is 12.3. The third-order valence-electron chi connectivity index (χ3n) is 3.92. The number of hydrogen-bond acceptors (Lipinski definition) is 2. The van der Waals surface area contributed by atoms with Gasteiger partial charge in [0.2, 0.25) is 0 Å². The van der Waals surface area contributed by atoms with Gasteiger partial charge in [0, 0.05) is 12.6 Å². The lowest BCUT2D eigenvalue weighted by Crippen LogP contribution is -2.43. The zero-order valence-corrected chi connectivity index (χ0v) is 11.0. The minimum Gasteiger partial charge on any atom is -0.481 e. The molecule has 0 radical (unpaired) electrons. The largest absolute Gasteiger partial charge is 0.481 e. The fourth-order valence-electron chi connectivity index (χ4n) is 2.44. The molecule has 3 heteroatoms. The third kappa shape index (κ3) is 3.21. The smallest absolute Gasteiger partial charge is 0.310 e. The van der Waals surface area contributed by atoms with E-state index < -0.39 is 11.4 Å². The summed E-state index contributed by atoms with van der Waals surface area (Å²) in [5, 5.41) is 9.32. The SMILES string of the molecule is CCCC(C)(CN(C)C(C)C1CC1)C(=O)O. The molecule has 0 amide bonds. The van der Waals surface area contributed by atoms with E-state index in [0.717, 1.165) is 18.8 Å². The van der Waals surface area contributed by atoms with Crippen molar-refractivity contribution in [2.75, 3.05) is 13.6 Å². The highest BCUT2D eigenvalue weighted by Gasteiger charge is 2.37. The number of carboxylic acid groups (broad SMARTS) is 1. The number of carboxylic acids is 1. The molecule has 0 aliphatic heterocycles.